The number of carbonyl (C=O) groups excluding carboxylic acids is 3. The molecule has 0 aromatic carbocycles. The highest BCUT2D eigenvalue weighted by atomic mass is 16.6. The van der Waals surface area contributed by atoms with Gasteiger partial charge >= 0.3 is 12.2 Å². The Balaban J connectivity index is 3.43. The lowest BCUT2D eigenvalue weighted by molar-refractivity contribution is -0.122. The van der Waals surface area contributed by atoms with Crippen molar-refractivity contribution in [3.8, 4) is 0 Å². The van der Waals surface area contributed by atoms with Gasteiger partial charge in [-0.15, -0.1) is 0 Å². The highest BCUT2D eigenvalue weighted by molar-refractivity contribution is 5.87. The summed E-state index contributed by atoms with van der Waals surface area (Å²) >= 11 is 0. The SMILES string of the molecule is CC(=O)COCCOCCOCCOCCOCCOCCOCCOCCOCCOCCOCN(C(=O)OC(C)(C)C)C(=O)OC(C)(C)C. The van der Waals surface area contributed by atoms with E-state index in [4.69, 9.17) is 61.6 Å². The highest BCUT2D eigenvalue weighted by Gasteiger charge is 2.31. The number of rotatable bonds is 34. The van der Waals surface area contributed by atoms with Crippen molar-refractivity contribution in [1.29, 1.82) is 0 Å². The van der Waals surface area contributed by atoms with Crippen molar-refractivity contribution in [3.05, 3.63) is 0 Å². The Morgan fingerprint density at radius 1 is 0.373 bits per heavy atom. The maximum atomic E-state index is 12.4. The van der Waals surface area contributed by atoms with Gasteiger partial charge in [-0.05, 0) is 48.5 Å². The molecule has 0 atom stereocenters. The van der Waals surface area contributed by atoms with Crippen molar-refractivity contribution in [3.63, 3.8) is 0 Å². The molecule has 17 heteroatoms. The predicted octanol–water partition coefficient (Wildman–Crippen LogP) is 2.89. The van der Waals surface area contributed by atoms with Crippen LogP contribution in [0, 0.1) is 0 Å². The van der Waals surface area contributed by atoms with E-state index in [1.807, 2.05) is 0 Å². The average molecular weight is 744 g/mol. The fourth-order valence-corrected chi connectivity index (χ4v) is 3.28. The van der Waals surface area contributed by atoms with Crippen LogP contribution in [-0.4, -0.2) is 180 Å². The van der Waals surface area contributed by atoms with Crippen LogP contribution in [0.2, 0.25) is 0 Å². The molecule has 51 heavy (non-hydrogen) atoms. The van der Waals surface area contributed by atoms with Crippen LogP contribution in [-0.2, 0) is 66.4 Å². The zero-order valence-corrected chi connectivity index (χ0v) is 32.0. The zero-order valence-electron chi connectivity index (χ0n) is 32.0. The summed E-state index contributed by atoms with van der Waals surface area (Å²) in [5, 5.41) is 0. The topological polar surface area (TPSA) is 174 Å². The fourth-order valence-electron chi connectivity index (χ4n) is 3.28. The van der Waals surface area contributed by atoms with Crippen molar-refractivity contribution in [2.45, 2.75) is 59.7 Å². The second-order valence-corrected chi connectivity index (χ2v) is 12.7. The molecule has 0 aliphatic rings. The summed E-state index contributed by atoms with van der Waals surface area (Å²) in [6.45, 7) is 19.9. The van der Waals surface area contributed by atoms with Gasteiger partial charge < -0.3 is 61.6 Å². The molecule has 17 nitrogen and oxygen atoms in total. The predicted molar refractivity (Wildman–Crippen MR) is 184 cm³/mol. The summed E-state index contributed by atoms with van der Waals surface area (Å²) in [5.74, 6) is -0.00505. The Kier molecular flexibility index (Phi) is 31.3. The van der Waals surface area contributed by atoms with Crippen molar-refractivity contribution in [2.24, 2.45) is 0 Å². The molecule has 0 fully saturated rings. The van der Waals surface area contributed by atoms with Crippen LogP contribution in [0.3, 0.4) is 0 Å². The summed E-state index contributed by atoms with van der Waals surface area (Å²) in [7, 11) is 0. The number of Topliss-reactive ketones (excluding diaryl/α,β-unsaturated/α-hetero) is 1. The lowest BCUT2D eigenvalue weighted by Gasteiger charge is -2.28. The number of carbonyl (C=O) groups is 3. The van der Waals surface area contributed by atoms with Crippen molar-refractivity contribution < 1.29 is 76.0 Å². The van der Waals surface area contributed by atoms with Crippen LogP contribution in [0.4, 0.5) is 9.59 Å². The molecule has 0 spiro atoms. The first-order valence-corrected chi connectivity index (χ1v) is 17.4. The van der Waals surface area contributed by atoms with E-state index in [2.05, 4.69) is 0 Å². The molecule has 0 aromatic heterocycles. The molecule has 0 aliphatic heterocycles. The van der Waals surface area contributed by atoms with Gasteiger partial charge in [0.15, 0.2) is 5.78 Å². The van der Waals surface area contributed by atoms with Gasteiger partial charge in [0.05, 0.1) is 132 Å². The molecule has 0 aliphatic carbocycles. The second-order valence-electron chi connectivity index (χ2n) is 12.7. The summed E-state index contributed by atoms with van der Waals surface area (Å²) < 4.78 is 70.0. The van der Waals surface area contributed by atoms with Crippen molar-refractivity contribution in [1.82, 2.24) is 4.90 Å². The highest BCUT2D eigenvalue weighted by Crippen LogP contribution is 2.14. The Morgan fingerprint density at radius 2 is 0.588 bits per heavy atom. The van der Waals surface area contributed by atoms with Crippen LogP contribution >= 0.6 is 0 Å². The average Bonchev–Trinajstić information content (AvgIpc) is 3.03. The molecule has 0 rings (SSSR count). The molecular weight excluding hydrogens is 678 g/mol. The second kappa shape index (κ2) is 32.6. The van der Waals surface area contributed by atoms with Crippen LogP contribution in [0.25, 0.3) is 0 Å². The first-order valence-electron chi connectivity index (χ1n) is 17.4. The zero-order chi connectivity index (χ0) is 38.1. The van der Waals surface area contributed by atoms with E-state index in [-0.39, 0.29) is 32.3 Å². The maximum absolute atomic E-state index is 12.4. The summed E-state index contributed by atoms with van der Waals surface area (Å²) in [5.41, 5.74) is -1.56. The molecular formula is C34H65NO16. The van der Waals surface area contributed by atoms with Gasteiger partial charge in [-0.1, -0.05) is 0 Å². The largest absolute Gasteiger partial charge is 0.443 e. The van der Waals surface area contributed by atoms with Crippen LogP contribution in [0.5, 0.6) is 0 Å². The number of nitrogens with zero attached hydrogens (tertiary/aromatic N) is 1. The minimum Gasteiger partial charge on any atom is -0.443 e. The number of hydrogen-bond acceptors (Lipinski definition) is 16. The number of hydrogen-bond donors (Lipinski definition) is 0. The summed E-state index contributed by atoms with van der Waals surface area (Å²) in [6.07, 6.45) is -1.70. The van der Waals surface area contributed by atoms with Gasteiger partial charge in [0.1, 0.15) is 24.5 Å². The molecule has 0 heterocycles. The van der Waals surface area contributed by atoms with Crippen LogP contribution in [0.1, 0.15) is 48.5 Å². The third-order valence-electron chi connectivity index (χ3n) is 5.47. The van der Waals surface area contributed by atoms with Crippen LogP contribution < -0.4 is 0 Å². The molecule has 302 valence electrons. The Bertz CT molecular complexity index is 821. The fraction of sp³-hybridized carbons (Fsp3) is 0.912. The Morgan fingerprint density at radius 3 is 0.804 bits per heavy atom. The lowest BCUT2D eigenvalue weighted by Crippen LogP contribution is -2.44. The van der Waals surface area contributed by atoms with Gasteiger partial charge in [-0.25, -0.2) is 9.59 Å². The molecule has 0 saturated heterocycles. The maximum Gasteiger partial charge on any atom is 0.421 e. The molecule has 0 bridgehead atoms. The molecule has 2 amide bonds. The van der Waals surface area contributed by atoms with Gasteiger partial charge in [-0.2, -0.15) is 4.90 Å². The van der Waals surface area contributed by atoms with Gasteiger partial charge in [0.2, 0.25) is 0 Å². The first-order chi connectivity index (χ1) is 24.3. The number of ketones is 1. The van der Waals surface area contributed by atoms with E-state index in [0.29, 0.717) is 119 Å². The van der Waals surface area contributed by atoms with Crippen molar-refractivity contribution >= 4 is 18.0 Å². The molecule has 0 radical (unpaired) electrons. The minimum atomic E-state index is -0.851. The smallest absolute Gasteiger partial charge is 0.421 e. The normalized spacial score (nSPS) is 11.9. The van der Waals surface area contributed by atoms with E-state index in [1.165, 1.54) is 6.92 Å². The number of amides is 2. The summed E-state index contributed by atoms with van der Waals surface area (Å²) in [4.78, 5) is 36.4. The molecule has 0 unspecified atom stereocenters. The monoisotopic (exact) mass is 743 g/mol. The first kappa shape index (κ1) is 49.0. The van der Waals surface area contributed by atoms with Gasteiger partial charge in [0, 0.05) is 0 Å². The van der Waals surface area contributed by atoms with E-state index in [0.717, 1.165) is 4.90 Å². The lowest BCUT2D eigenvalue weighted by atomic mass is 10.2. The third-order valence-corrected chi connectivity index (χ3v) is 5.47. The summed E-state index contributed by atoms with van der Waals surface area (Å²) in [6, 6.07) is 0. The number of imide groups is 1. The van der Waals surface area contributed by atoms with E-state index in [1.54, 1.807) is 41.5 Å². The quantitative estimate of drug-likeness (QED) is 0.0695. The van der Waals surface area contributed by atoms with E-state index < -0.39 is 23.4 Å². The molecule has 0 N–H and O–H groups in total. The molecule has 0 saturated carbocycles. The van der Waals surface area contributed by atoms with Crippen LogP contribution in [0.15, 0.2) is 0 Å². The minimum absolute atomic E-state index is 0.00505. The van der Waals surface area contributed by atoms with Crippen molar-refractivity contribution in [2.75, 3.05) is 145 Å². The standard InChI is InChI=1S/C34H65NO16/c1-30(36)28-48-26-24-46-22-20-44-18-16-42-14-12-40-10-8-39-9-11-41-13-15-43-17-19-45-21-23-47-25-27-49-29-35(31(37)50-33(2,3)4)32(38)51-34(5,6)7/h8-29H2,1-7H3. The Labute approximate surface area is 304 Å². The molecule has 0 aromatic rings. The third kappa shape index (κ3) is 37.5. The van der Waals surface area contributed by atoms with E-state index >= 15 is 0 Å². The van der Waals surface area contributed by atoms with E-state index in [9.17, 15) is 14.4 Å². The van der Waals surface area contributed by atoms with Gasteiger partial charge in [-0.3, -0.25) is 4.79 Å². The Hall–Kier alpha value is -2.03. The number of ether oxygens (including phenoxy) is 13. The van der Waals surface area contributed by atoms with Gasteiger partial charge in [0.25, 0.3) is 0 Å².